The third kappa shape index (κ3) is 5.45. The number of halogens is 1. The summed E-state index contributed by atoms with van der Waals surface area (Å²) in [5.74, 6) is 1.81. The Balaban J connectivity index is 1.21. The minimum Gasteiger partial charge on any atom is -0.421 e. The van der Waals surface area contributed by atoms with Crippen molar-refractivity contribution in [2.24, 2.45) is 21.8 Å². The highest BCUT2D eigenvalue weighted by atomic mass is 19.1. The molecule has 3 aliphatic rings. The molecular weight excluding hydrogens is 531 g/mol. The fourth-order valence-electron chi connectivity index (χ4n) is 5.92. The predicted molar refractivity (Wildman–Crippen MR) is 164 cm³/mol. The second kappa shape index (κ2) is 11.2. The van der Waals surface area contributed by atoms with E-state index in [1.165, 1.54) is 18.6 Å². The van der Waals surface area contributed by atoms with E-state index in [-0.39, 0.29) is 17.7 Å². The molecule has 0 radical (unpaired) electrons. The van der Waals surface area contributed by atoms with E-state index in [4.69, 9.17) is 19.7 Å². The first-order valence-electron chi connectivity index (χ1n) is 14.9. The molecule has 1 saturated carbocycles. The molecule has 4 aromatic rings. The molecule has 1 aromatic carbocycles. The molecule has 2 fully saturated rings. The van der Waals surface area contributed by atoms with E-state index in [1.54, 1.807) is 18.3 Å². The summed E-state index contributed by atoms with van der Waals surface area (Å²) in [5.41, 5.74) is 5.10. The summed E-state index contributed by atoms with van der Waals surface area (Å²) in [5, 5.41) is 0.480. The van der Waals surface area contributed by atoms with Crippen molar-refractivity contribution >= 4 is 39.6 Å². The van der Waals surface area contributed by atoms with Crippen LogP contribution in [0.3, 0.4) is 0 Å². The van der Waals surface area contributed by atoms with E-state index < -0.39 is 5.82 Å². The Labute approximate surface area is 244 Å². The van der Waals surface area contributed by atoms with E-state index in [2.05, 4.69) is 37.7 Å². The summed E-state index contributed by atoms with van der Waals surface area (Å²) in [6, 6.07) is 11.3. The number of aromatic nitrogens is 4. The molecule has 1 aliphatic carbocycles. The molecule has 1 saturated heterocycles. The lowest BCUT2D eigenvalue weighted by atomic mass is 9.91. The number of nitrogens with zero attached hydrogens (tertiary/aromatic N) is 7. The molecule has 3 aromatic heterocycles. The second-order valence-electron chi connectivity index (χ2n) is 11.4. The third-order valence-electron chi connectivity index (χ3n) is 8.48. The van der Waals surface area contributed by atoms with Crippen molar-refractivity contribution in [1.82, 2.24) is 19.9 Å². The van der Waals surface area contributed by atoms with Crippen LogP contribution >= 0.6 is 0 Å². The first kappa shape index (κ1) is 26.6. The zero-order valence-corrected chi connectivity index (χ0v) is 24.1. The van der Waals surface area contributed by atoms with E-state index in [1.807, 2.05) is 31.3 Å². The van der Waals surface area contributed by atoms with Crippen LogP contribution in [0, 0.1) is 24.6 Å². The van der Waals surface area contributed by atoms with E-state index >= 15 is 4.39 Å². The van der Waals surface area contributed by atoms with Crippen molar-refractivity contribution in [3.63, 3.8) is 0 Å². The Kier molecular flexibility index (Phi) is 7.05. The summed E-state index contributed by atoms with van der Waals surface area (Å²) < 4.78 is 21.5. The topological polar surface area (TPSA) is 94.9 Å². The molecule has 1 atom stereocenters. The SMILES string of the molecule is CCC1CN=C(C2CC2)CC1=Nc1cc(N2CCN(c3cccnc3)CC2)nc(Oc2ccc3[nH]c(C)cc3c2F)n1. The van der Waals surface area contributed by atoms with E-state index in [9.17, 15) is 0 Å². The molecule has 5 heterocycles. The summed E-state index contributed by atoms with van der Waals surface area (Å²) in [6.45, 7) is 8.04. The zero-order chi connectivity index (χ0) is 28.6. The van der Waals surface area contributed by atoms with Gasteiger partial charge in [-0.1, -0.05) is 6.92 Å². The number of rotatable bonds is 7. The molecule has 0 amide bonds. The maximum absolute atomic E-state index is 15.5. The van der Waals surface area contributed by atoms with Gasteiger partial charge < -0.3 is 19.5 Å². The molecule has 1 N–H and O–H groups in total. The highest BCUT2D eigenvalue weighted by molar-refractivity contribution is 6.09. The van der Waals surface area contributed by atoms with Gasteiger partial charge in [-0.25, -0.2) is 9.38 Å². The number of H-pyrrole nitrogens is 1. The summed E-state index contributed by atoms with van der Waals surface area (Å²) in [4.78, 5) is 31.4. The Morgan fingerprint density at radius 3 is 2.67 bits per heavy atom. The van der Waals surface area contributed by atoms with Gasteiger partial charge in [-0.15, -0.1) is 0 Å². The van der Waals surface area contributed by atoms with Gasteiger partial charge in [0.1, 0.15) is 5.82 Å². The van der Waals surface area contributed by atoms with Crippen LogP contribution < -0.4 is 14.5 Å². The Morgan fingerprint density at radius 1 is 1.07 bits per heavy atom. The van der Waals surface area contributed by atoms with Crippen LogP contribution in [0.25, 0.3) is 10.9 Å². The van der Waals surface area contributed by atoms with Gasteiger partial charge in [0.15, 0.2) is 17.4 Å². The van der Waals surface area contributed by atoms with Gasteiger partial charge in [-0.05, 0) is 62.4 Å². The van der Waals surface area contributed by atoms with E-state index in [0.29, 0.717) is 17.1 Å². The Bertz CT molecular complexity index is 1650. The summed E-state index contributed by atoms with van der Waals surface area (Å²) >= 11 is 0. The molecule has 42 heavy (non-hydrogen) atoms. The lowest BCUT2D eigenvalue weighted by molar-refractivity contribution is 0.414. The molecule has 7 rings (SSSR count). The molecule has 10 heteroatoms. The number of hydrogen-bond donors (Lipinski definition) is 1. The number of anilines is 2. The maximum atomic E-state index is 15.5. The lowest BCUT2D eigenvalue weighted by Crippen LogP contribution is -2.46. The number of benzene rings is 1. The number of piperazine rings is 1. The molecular formula is C32H35FN8O. The van der Waals surface area contributed by atoms with Crippen LogP contribution in [0.4, 0.5) is 21.7 Å². The Morgan fingerprint density at radius 2 is 1.90 bits per heavy atom. The van der Waals surface area contributed by atoms with Crippen LogP contribution in [0.5, 0.6) is 11.8 Å². The normalized spacial score (nSPS) is 20.3. The first-order valence-corrected chi connectivity index (χ1v) is 14.9. The van der Waals surface area contributed by atoms with Crippen LogP contribution in [-0.2, 0) is 0 Å². The van der Waals surface area contributed by atoms with Crippen LogP contribution in [0.2, 0.25) is 0 Å². The van der Waals surface area contributed by atoms with Gasteiger partial charge >= 0.3 is 6.01 Å². The van der Waals surface area contributed by atoms with Crippen molar-refractivity contribution in [3.8, 4) is 11.8 Å². The minimum absolute atomic E-state index is 0.0888. The molecule has 1 unspecified atom stereocenters. The molecule has 216 valence electrons. The van der Waals surface area contributed by atoms with Crippen LogP contribution in [0.1, 0.15) is 38.3 Å². The highest BCUT2D eigenvalue weighted by Gasteiger charge is 2.32. The van der Waals surface area contributed by atoms with Crippen molar-refractivity contribution in [3.05, 3.63) is 60.3 Å². The predicted octanol–water partition coefficient (Wildman–Crippen LogP) is 6.27. The van der Waals surface area contributed by atoms with Gasteiger partial charge in [0.05, 0.1) is 11.9 Å². The summed E-state index contributed by atoms with van der Waals surface area (Å²) in [6.07, 6.45) is 7.89. The second-order valence-corrected chi connectivity index (χ2v) is 11.4. The number of aliphatic imine (C=N–C) groups is 2. The van der Waals surface area contributed by atoms with Crippen molar-refractivity contribution in [2.45, 2.75) is 39.5 Å². The number of hydrogen-bond acceptors (Lipinski definition) is 8. The number of aryl methyl sites for hydroxylation is 1. The van der Waals surface area contributed by atoms with Crippen molar-refractivity contribution in [2.75, 3.05) is 42.5 Å². The summed E-state index contributed by atoms with van der Waals surface area (Å²) in [7, 11) is 0. The first-order chi connectivity index (χ1) is 20.5. The number of pyridine rings is 1. The van der Waals surface area contributed by atoms with Crippen LogP contribution in [0.15, 0.2) is 58.8 Å². The highest BCUT2D eigenvalue weighted by Crippen LogP contribution is 2.36. The molecule has 0 bridgehead atoms. The van der Waals surface area contributed by atoms with Crippen LogP contribution in [-0.4, -0.2) is 64.1 Å². The fraction of sp³-hybridized carbons (Fsp3) is 0.406. The molecule has 9 nitrogen and oxygen atoms in total. The Hall–Kier alpha value is -4.34. The number of fused-ring (bicyclic) bond motifs is 1. The molecule has 2 aliphatic heterocycles. The van der Waals surface area contributed by atoms with Gasteiger partial charge in [0.2, 0.25) is 0 Å². The monoisotopic (exact) mass is 566 g/mol. The average Bonchev–Trinajstić information content (AvgIpc) is 3.80. The zero-order valence-electron chi connectivity index (χ0n) is 24.1. The quantitative estimate of drug-likeness (QED) is 0.283. The van der Waals surface area contributed by atoms with Gasteiger partial charge in [0.25, 0.3) is 0 Å². The lowest BCUT2D eigenvalue weighted by Gasteiger charge is -2.36. The van der Waals surface area contributed by atoms with Gasteiger partial charge in [-0.3, -0.25) is 9.98 Å². The number of nitrogens with one attached hydrogen (secondary N) is 1. The third-order valence-corrected chi connectivity index (χ3v) is 8.48. The number of aromatic amines is 1. The van der Waals surface area contributed by atoms with Gasteiger partial charge in [-0.2, -0.15) is 9.97 Å². The molecule has 0 spiro atoms. The largest absolute Gasteiger partial charge is 0.421 e. The fourth-order valence-corrected chi connectivity index (χ4v) is 5.92. The van der Waals surface area contributed by atoms with Gasteiger partial charge in [0, 0.05) is 85.3 Å². The maximum Gasteiger partial charge on any atom is 0.326 e. The van der Waals surface area contributed by atoms with E-state index in [0.717, 1.165) is 74.0 Å². The number of ether oxygens (including phenoxy) is 1. The van der Waals surface area contributed by atoms with Crippen molar-refractivity contribution < 1.29 is 9.13 Å². The smallest absolute Gasteiger partial charge is 0.326 e. The average molecular weight is 567 g/mol. The standard InChI is InChI=1S/C32H35FN8O/c1-3-21-18-35-26(22-6-7-22)16-27(21)37-29-17-30(41-13-11-40(12-14-41)23-5-4-10-34-19-23)39-32(38-29)42-28-9-8-25-24(31(28)33)15-20(2)36-25/h4-5,8-10,15,17,19,21-22,36H,3,6-7,11-14,16,18H2,1-2H3. The van der Waals surface area contributed by atoms with Crippen molar-refractivity contribution in [1.29, 1.82) is 0 Å². The minimum atomic E-state index is -0.438.